The number of aliphatic hydroxyl groups is 2. The lowest BCUT2D eigenvalue weighted by Gasteiger charge is -2.31. The first kappa shape index (κ1) is 17.4. The molecule has 0 saturated heterocycles. The number of aliphatic hydroxyl groups excluding tert-OH is 2. The van der Waals surface area contributed by atoms with E-state index >= 15 is 0 Å². The third-order valence-corrected chi connectivity index (χ3v) is 2.67. The fourth-order valence-corrected chi connectivity index (χ4v) is 1.68. The third-order valence-electron chi connectivity index (χ3n) is 2.67. The van der Waals surface area contributed by atoms with Gasteiger partial charge in [-0.25, -0.2) is 4.79 Å². The number of anilines is 1. The quantitative estimate of drug-likeness (QED) is 0.735. The normalized spacial score (nSPS) is 11.6. The van der Waals surface area contributed by atoms with Gasteiger partial charge >= 0.3 is 6.09 Å². The highest BCUT2D eigenvalue weighted by Gasteiger charge is 2.29. The number of amides is 1. The molecule has 1 heterocycles. The molecule has 21 heavy (non-hydrogen) atoms. The van der Waals surface area contributed by atoms with Crippen LogP contribution in [0.25, 0.3) is 0 Å². The molecule has 118 valence electrons. The van der Waals surface area contributed by atoms with Crippen LogP contribution in [-0.4, -0.2) is 46.1 Å². The fraction of sp³-hybridized carbons (Fsp3) is 0.571. The van der Waals surface area contributed by atoms with Crippen molar-refractivity contribution < 1.29 is 19.7 Å². The first-order valence-corrected chi connectivity index (χ1v) is 6.71. The second-order valence-electron chi connectivity index (χ2n) is 5.58. The molecule has 0 radical (unpaired) electrons. The summed E-state index contributed by atoms with van der Waals surface area (Å²) >= 11 is 0. The third kappa shape index (κ3) is 4.96. The summed E-state index contributed by atoms with van der Waals surface area (Å²) in [4.78, 5) is 17.6. The number of carbonyl (C=O) groups excluding carboxylic acids is 1. The monoisotopic (exact) mass is 297 g/mol. The van der Waals surface area contributed by atoms with Crippen molar-refractivity contribution in [2.45, 2.75) is 39.0 Å². The van der Waals surface area contributed by atoms with Crippen molar-refractivity contribution in [2.75, 3.05) is 18.1 Å². The average Bonchev–Trinajstić information content (AvgIpc) is 2.42. The Morgan fingerprint density at radius 2 is 2.00 bits per heavy atom. The maximum absolute atomic E-state index is 12.3. The summed E-state index contributed by atoms with van der Waals surface area (Å²) in [6.07, 6.45) is 0.808. The number of ether oxygens (including phenoxy) is 1. The zero-order chi connectivity index (χ0) is 16.0. The summed E-state index contributed by atoms with van der Waals surface area (Å²) in [6.45, 7) is 4.72. The van der Waals surface area contributed by atoms with E-state index in [0.717, 1.165) is 0 Å². The molecule has 1 amide bonds. The number of pyridine rings is 1. The number of nitrogens with two attached hydrogens (primary N) is 1. The molecule has 0 saturated carbocycles. The molecular weight excluding hydrogens is 274 g/mol. The first-order valence-electron chi connectivity index (χ1n) is 6.71. The van der Waals surface area contributed by atoms with Crippen LogP contribution in [0.4, 0.5) is 10.5 Å². The van der Waals surface area contributed by atoms with E-state index in [0.29, 0.717) is 11.4 Å². The van der Waals surface area contributed by atoms with Gasteiger partial charge in [-0.1, -0.05) is 0 Å². The molecular formula is C14H23N3O4. The predicted molar refractivity (Wildman–Crippen MR) is 78.8 cm³/mol. The molecule has 0 bridgehead atoms. The fourth-order valence-electron chi connectivity index (χ4n) is 1.68. The zero-order valence-corrected chi connectivity index (χ0v) is 12.6. The largest absolute Gasteiger partial charge is 0.443 e. The lowest BCUT2D eigenvalue weighted by molar-refractivity contribution is 0.0529. The van der Waals surface area contributed by atoms with Crippen LogP contribution in [0, 0.1) is 0 Å². The molecule has 4 N–H and O–H groups in total. The van der Waals surface area contributed by atoms with Gasteiger partial charge in [0.25, 0.3) is 0 Å². The molecule has 0 aromatic carbocycles. The van der Waals surface area contributed by atoms with Crippen molar-refractivity contribution in [1.82, 2.24) is 4.98 Å². The molecule has 0 spiro atoms. The van der Waals surface area contributed by atoms with Crippen LogP contribution in [0.3, 0.4) is 0 Å². The Kier molecular flexibility index (Phi) is 6.07. The minimum Gasteiger partial charge on any atom is -0.443 e. The minimum atomic E-state index is -0.801. The number of hydrogen-bond acceptors (Lipinski definition) is 6. The molecule has 1 rings (SSSR count). The Labute approximate surface area is 124 Å². The van der Waals surface area contributed by atoms with E-state index in [-0.39, 0.29) is 6.54 Å². The first-order chi connectivity index (χ1) is 9.82. The molecule has 0 atom stereocenters. The van der Waals surface area contributed by atoms with E-state index in [1.54, 1.807) is 32.9 Å². The van der Waals surface area contributed by atoms with Gasteiger partial charge in [0.15, 0.2) is 0 Å². The molecule has 0 aliphatic heterocycles. The van der Waals surface area contributed by atoms with Gasteiger partial charge in [-0.05, 0) is 32.9 Å². The van der Waals surface area contributed by atoms with Crippen molar-refractivity contribution in [1.29, 1.82) is 0 Å². The summed E-state index contributed by atoms with van der Waals surface area (Å²) in [5.41, 5.74) is 5.90. The highest BCUT2D eigenvalue weighted by atomic mass is 16.6. The predicted octanol–water partition coefficient (Wildman–Crippen LogP) is 0.635. The summed E-state index contributed by atoms with van der Waals surface area (Å²) in [7, 11) is 0. The maximum atomic E-state index is 12.3. The second kappa shape index (κ2) is 7.35. The summed E-state index contributed by atoms with van der Waals surface area (Å²) in [5, 5.41) is 18.7. The van der Waals surface area contributed by atoms with Gasteiger partial charge in [0.1, 0.15) is 5.60 Å². The Morgan fingerprint density at radius 1 is 1.38 bits per heavy atom. The van der Waals surface area contributed by atoms with E-state index in [9.17, 15) is 15.0 Å². The van der Waals surface area contributed by atoms with Gasteiger partial charge in [-0.2, -0.15) is 0 Å². The van der Waals surface area contributed by atoms with Crippen molar-refractivity contribution in [3.05, 3.63) is 24.0 Å². The van der Waals surface area contributed by atoms with Crippen LogP contribution < -0.4 is 10.6 Å². The molecule has 7 nitrogen and oxygen atoms in total. The van der Waals surface area contributed by atoms with Crippen LogP contribution in [0.1, 0.15) is 26.5 Å². The topological polar surface area (TPSA) is 109 Å². The molecule has 0 aliphatic rings. The Hall–Kier alpha value is -1.70. The molecule has 1 aromatic rings. The van der Waals surface area contributed by atoms with Crippen LogP contribution in [-0.2, 0) is 11.3 Å². The van der Waals surface area contributed by atoms with Gasteiger partial charge in [0.05, 0.1) is 36.8 Å². The maximum Gasteiger partial charge on any atom is 0.415 e. The van der Waals surface area contributed by atoms with Gasteiger partial charge in [0, 0.05) is 6.54 Å². The Balaban J connectivity index is 3.08. The van der Waals surface area contributed by atoms with Gasteiger partial charge in [0.2, 0.25) is 0 Å². The highest BCUT2D eigenvalue weighted by molar-refractivity contribution is 5.88. The van der Waals surface area contributed by atoms with Gasteiger partial charge in [-0.15, -0.1) is 0 Å². The van der Waals surface area contributed by atoms with E-state index in [4.69, 9.17) is 10.5 Å². The van der Waals surface area contributed by atoms with Crippen LogP contribution >= 0.6 is 0 Å². The van der Waals surface area contributed by atoms with E-state index in [1.807, 2.05) is 0 Å². The van der Waals surface area contributed by atoms with E-state index in [1.165, 1.54) is 11.1 Å². The van der Waals surface area contributed by atoms with Crippen molar-refractivity contribution >= 4 is 11.8 Å². The second-order valence-corrected chi connectivity index (χ2v) is 5.58. The van der Waals surface area contributed by atoms with Crippen LogP contribution in [0.2, 0.25) is 0 Å². The molecule has 0 aliphatic carbocycles. The molecule has 1 aromatic heterocycles. The van der Waals surface area contributed by atoms with Crippen LogP contribution in [0.5, 0.6) is 0 Å². The molecule has 0 fully saturated rings. The lowest BCUT2D eigenvalue weighted by atomic mass is 10.2. The zero-order valence-electron chi connectivity index (χ0n) is 12.6. The van der Waals surface area contributed by atoms with Gasteiger partial charge < -0.3 is 20.7 Å². The number of aromatic nitrogens is 1. The average molecular weight is 297 g/mol. The number of carbonyl (C=O) groups is 1. The van der Waals surface area contributed by atoms with Crippen molar-refractivity contribution in [2.24, 2.45) is 5.73 Å². The lowest BCUT2D eigenvalue weighted by Crippen LogP contribution is -2.47. The number of nitrogens with zero attached hydrogens (tertiary/aromatic N) is 2. The standard InChI is InChI=1S/C14H23N3O4/c1-14(2,3)21-13(20)17(12(8-18)9-19)11-5-4-10(6-15)16-7-11/h4-5,7,12,18-19H,6,8-9,15H2,1-3H3. The van der Waals surface area contributed by atoms with Crippen LogP contribution in [0.15, 0.2) is 18.3 Å². The van der Waals surface area contributed by atoms with Crippen molar-refractivity contribution in [3.63, 3.8) is 0 Å². The minimum absolute atomic E-state index is 0.288. The summed E-state index contributed by atoms with van der Waals surface area (Å²) < 4.78 is 5.31. The number of hydrogen-bond donors (Lipinski definition) is 3. The van der Waals surface area contributed by atoms with Crippen molar-refractivity contribution in [3.8, 4) is 0 Å². The molecule has 7 heteroatoms. The van der Waals surface area contributed by atoms with E-state index in [2.05, 4.69) is 4.98 Å². The molecule has 0 unspecified atom stereocenters. The SMILES string of the molecule is CC(C)(C)OC(=O)N(c1ccc(CN)nc1)C(CO)CO. The highest BCUT2D eigenvalue weighted by Crippen LogP contribution is 2.20. The van der Waals surface area contributed by atoms with E-state index < -0.39 is 30.9 Å². The Bertz CT molecular complexity index is 452. The smallest absolute Gasteiger partial charge is 0.415 e. The van der Waals surface area contributed by atoms with Gasteiger partial charge in [-0.3, -0.25) is 9.88 Å². The number of rotatable bonds is 5. The summed E-state index contributed by atoms with van der Waals surface area (Å²) in [5.74, 6) is 0. The Morgan fingerprint density at radius 3 is 2.38 bits per heavy atom. The summed E-state index contributed by atoms with van der Waals surface area (Å²) in [6, 6.07) is 2.53.